The van der Waals surface area contributed by atoms with Gasteiger partial charge in [0, 0.05) is 17.1 Å². The standard InChI is InChI=1S/C16H23BrFN/c1-3-8-16(2,11-19-14-6-7-14)10-12-4-5-13(18)9-15(12)17/h4-5,9,14,19H,3,6-8,10-11H2,1-2H3. The van der Waals surface area contributed by atoms with Crippen molar-refractivity contribution in [2.75, 3.05) is 6.54 Å². The van der Waals surface area contributed by atoms with Crippen LogP contribution in [0.2, 0.25) is 0 Å². The van der Waals surface area contributed by atoms with Crippen LogP contribution in [0.3, 0.4) is 0 Å². The Morgan fingerprint density at radius 2 is 2.16 bits per heavy atom. The molecule has 1 aromatic carbocycles. The maximum absolute atomic E-state index is 13.1. The van der Waals surface area contributed by atoms with Crippen LogP contribution < -0.4 is 5.32 Å². The Hall–Kier alpha value is -0.410. The van der Waals surface area contributed by atoms with E-state index in [0.717, 1.165) is 23.5 Å². The van der Waals surface area contributed by atoms with Gasteiger partial charge in [0.1, 0.15) is 5.82 Å². The summed E-state index contributed by atoms with van der Waals surface area (Å²) in [4.78, 5) is 0. The van der Waals surface area contributed by atoms with Gasteiger partial charge >= 0.3 is 0 Å². The Morgan fingerprint density at radius 3 is 2.74 bits per heavy atom. The minimum Gasteiger partial charge on any atom is -0.313 e. The molecule has 106 valence electrons. The molecule has 0 saturated heterocycles. The van der Waals surface area contributed by atoms with Crippen LogP contribution in [-0.2, 0) is 6.42 Å². The second-order valence-corrected chi connectivity index (χ2v) is 6.98. The van der Waals surface area contributed by atoms with Crippen LogP contribution in [0.5, 0.6) is 0 Å². The maximum atomic E-state index is 13.1. The monoisotopic (exact) mass is 327 g/mol. The lowest BCUT2D eigenvalue weighted by Crippen LogP contribution is -2.35. The van der Waals surface area contributed by atoms with Crippen molar-refractivity contribution in [3.63, 3.8) is 0 Å². The van der Waals surface area contributed by atoms with Crippen molar-refractivity contribution in [3.05, 3.63) is 34.1 Å². The van der Waals surface area contributed by atoms with E-state index in [4.69, 9.17) is 0 Å². The zero-order valence-electron chi connectivity index (χ0n) is 11.8. The minimum absolute atomic E-state index is 0.177. The van der Waals surface area contributed by atoms with Crippen molar-refractivity contribution >= 4 is 15.9 Å². The van der Waals surface area contributed by atoms with Crippen LogP contribution in [0.25, 0.3) is 0 Å². The summed E-state index contributed by atoms with van der Waals surface area (Å²) in [6, 6.07) is 5.77. The molecule has 0 aromatic heterocycles. The van der Waals surface area contributed by atoms with E-state index in [1.54, 1.807) is 12.1 Å². The number of nitrogens with one attached hydrogen (secondary N) is 1. The predicted molar refractivity (Wildman–Crippen MR) is 81.8 cm³/mol. The molecule has 0 radical (unpaired) electrons. The summed E-state index contributed by atoms with van der Waals surface area (Å²) in [5.41, 5.74) is 1.45. The highest BCUT2D eigenvalue weighted by molar-refractivity contribution is 9.10. The highest BCUT2D eigenvalue weighted by Crippen LogP contribution is 2.32. The van der Waals surface area contributed by atoms with Gasteiger partial charge in [0.25, 0.3) is 0 Å². The number of rotatable bonds is 7. The number of halogens is 2. The van der Waals surface area contributed by atoms with E-state index in [1.165, 1.54) is 31.2 Å². The average molecular weight is 328 g/mol. The van der Waals surface area contributed by atoms with Crippen LogP contribution in [-0.4, -0.2) is 12.6 Å². The molecule has 2 rings (SSSR count). The summed E-state index contributed by atoms with van der Waals surface area (Å²) in [7, 11) is 0. The summed E-state index contributed by atoms with van der Waals surface area (Å²) in [5, 5.41) is 3.64. The molecule has 1 unspecified atom stereocenters. The van der Waals surface area contributed by atoms with Gasteiger partial charge in [-0.3, -0.25) is 0 Å². The van der Waals surface area contributed by atoms with Crippen molar-refractivity contribution in [1.29, 1.82) is 0 Å². The molecule has 1 saturated carbocycles. The number of hydrogen-bond acceptors (Lipinski definition) is 1. The molecule has 1 fully saturated rings. The summed E-state index contributed by atoms with van der Waals surface area (Å²) in [6.45, 7) is 5.62. The molecule has 0 amide bonds. The number of hydrogen-bond donors (Lipinski definition) is 1. The van der Waals surface area contributed by atoms with Crippen LogP contribution in [0.1, 0.15) is 45.1 Å². The molecular weight excluding hydrogens is 305 g/mol. The molecule has 0 spiro atoms. The molecule has 1 nitrogen and oxygen atoms in total. The maximum Gasteiger partial charge on any atom is 0.124 e. The fourth-order valence-electron chi connectivity index (χ4n) is 2.65. The normalized spacial score (nSPS) is 18.3. The first-order chi connectivity index (χ1) is 9.02. The second-order valence-electron chi connectivity index (χ2n) is 6.13. The minimum atomic E-state index is -0.177. The van der Waals surface area contributed by atoms with E-state index in [9.17, 15) is 4.39 Å². The largest absolute Gasteiger partial charge is 0.313 e. The Kier molecular flexibility index (Phi) is 5.02. The quantitative estimate of drug-likeness (QED) is 0.766. The van der Waals surface area contributed by atoms with Gasteiger partial charge in [-0.1, -0.05) is 42.3 Å². The van der Waals surface area contributed by atoms with Crippen molar-refractivity contribution in [3.8, 4) is 0 Å². The molecule has 1 atom stereocenters. The van der Waals surface area contributed by atoms with E-state index in [2.05, 4.69) is 35.1 Å². The zero-order valence-corrected chi connectivity index (χ0v) is 13.4. The van der Waals surface area contributed by atoms with Gasteiger partial charge in [-0.2, -0.15) is 0 Å². The second kappa shape index (κ2) is 6.36. The lowest BCUT2D eigenvalue weighted by molar-refractivity contribution is 0.273. The molecule has 0 aliphatic heterocycles. The van der Waals surface area contributed by atoms with E-state index < -0.39 is 0 Å². The van der Waals surface area contributed by atoms with Crippen LogP contribution in [0.4, 0.5) is 4.39 Å². The summed E-state index contributed by atoms with van der Waals surface area (Å²) in [6.07, 6.45) is 6.00. The van der Waals surface area contributed by atoms with E-state index >= 15 is 0 Å². The molecule has 1 N–H and O–H groups in total. The smallest absolute Gasteiger partial charge is 0.124 e. The third-order valence-electron chi connectivity index (χ3n) is 3.88. The molecule has 19 heavy (non-hydrogen) atoms. The topological polar surface area (TPSA) is 12.0 Å². The molecule has 1 aromatic rings. The molecule has 1 aliphatic rings. The van der Waals surface area contributed by atoms with Gasteiger partial charge in [0.05, 0.1) is 0 Å². The van der Waals surface area contributed by atoms with Crippen molar-refractivity contribution in [1.82, 2.24) is 5.32 Å². The van der Waals surface area contributed by atoms with Crippen LogP contribution >= 0.6 is 15.9 Å². The third kappa shape index (κ3) is 4.57. The highest BCUT2D eigenvalue weighted by atomic mass is 79.9. The van der Waals surface area contributed by atoms with Gasteiger partial charge in [0.15, 0.2) is 0 Å². The van der Waals surface area contributed by atoms with Gasteiger partial charge < -0.3 is 5.32 Å². The third-order valence-corrected chi connectivity index (χ3v) is 4.62. The summed E-state index contributed by atoms with van der Waals surface area (Å²) in [5.74, 6) is -0.177. The van der Waals surface area contributed by atoms with Gasteiger partial charge in [-0.25, -0.2) is 4.39 Å². The van der Waals surface area contributed by atoms with Gasteiger partial charge in [-0.05, 0) is 48.8 Å². The Labute approximate surface area is 124 Å². The highest BCUT2D eigenvalue weighted by Gasteiger charge is 2.28. The lowest BCUT2D eigenvalue weighted by atomic mass is 9.79. The van der Waals surface area contributed by atoms with Gasteiger partial charge in [0.2, 0.25) is 0 Å². The Morgan fingerprint density at radius 1 is 1.42 bits per heavy atom. The van der Waals surface area contributed by atoms with E-state index in [-0.39, 0.29) is 11.2 Å². The molecule has 0 heterocycles. The fraction of sp³-hybridized carbons (Fsp3) is 0.625. The number of benzene rings is 1. The van der Waals surface area contributed by atoms with E-state index in [0.29, 0.717) is 0 Å². The van der Waals surface area contributed by atoms with Gasteiger partial charge in [-0.15, -0.1) is 0 Å². The SMILES string of the molecule is CCCC(C)(CNC1CC1)Cc1ccc(F)cc1Br. The molecule has 0 bridgehead atoms. The molecular formula is C16H23BrFN. The molecule has 3 heteroatoms. The first-order valence-corrected chi connectivity index (χ1v) is 7.99. The first kappa shape index (κ1) is 15.0. The zero-order chi connectivity index (χ0) is 13.9. The van der Waals surface area contributed by atoms with E-state index in [1.807, 2.05) is 6.07 Å². The fourth-order valence-corrected chi connectivity index (χ4v) is 3.14. The van der Waals surface area contributed by atoms with Crippen molar-refractivity contribution in [2.45, 2.75) is 52.0 Å². The molecule has 1 aliphatic carbocycles. The van der Waals surface area contributed by atoms with Crippen LogP contribution in [0.15, 0.2) is 22.7 Å². The lowest BCUT2D eigenvalue weighted by Gasteiger charge is -2.30. The van der Waals surface area contributed by atoms with Crippen molar-refractivity contribution < 1.29 is 4.39 Å². The van der Waals surface area contributed by atoms with Crippen LogP contribution in [0, 0.1) is 11.2 Å². The first-order valence-electron chi connectivity index (χ1n) is 7.20. The summed E-state index contributed by atoms with van der Waals surface area (Å²) < 4.78 is 14.0. The van der Waals surface area contributed by atoms with Crippen molar-refractivity contribution in [2.24, 2.45) is 5.41 Å². The average Bonchev–Trinajstić information content (AvgIpc) is 3.15. The Bertz CT molecular complexity index is 431. The summed E-state index contributed by atoms with van der Waals surface area (Å²) >= 11 is 3.48. The Balaban J connectivity index is 2.04. The predicted octanol–water partition coefficient (Wildman–Crippen LogP) is 4.69.